The molecule has 4 nitrogen and oxygen atoms in total. The maximum atomic E-state index is 11.7. The summed E-state index contributed by atoms with van der Waals surface area (Å²) < 4.78 is 27.2. The fourth-order valence-electron chi connectivity index (χ4n) is 7.71. The molecule has 5 heteroatoms. The van der Waals surface area contributed by atoms with E-state index in [0.29, 0.717) is 22.6 Å². The number of imidazole rings is 1. The Labute approximate surface area is 374 Å². The third-order valence-corrected chi connectivity index (χ3v) is 11.3. The number of para-hydroxylation sites is 1. The smallest absolute Gasteiger partial charge is 0.148 e. The van der Waals surface area contributed by atoms with E-state index in [4.69, 9.17) is 14.1 Å². The summed E-state index contributed by atoms with van der Waals surface area (Å²) in [5.74, 6) is 0.770. The van der Waals surface area contributed by atoms with Gasteiger partial charge >= 0.3 is 0 Å². The molecule has 0 bridgehead atoms. The zero-order valence-electron chi connectivity index (χ0n) is 38.9. The van der Waals surface area contributed by atoms with Crippen LogP contribution in [0, 0.1) is 12.9 Å². The summed E-state index contributed by atoms with van der Waals surface area (Å²) in [5, 5.41) is 11.7. The molecule has 0 aliphatic rings. The van der Waals surface area contributed by atoms with Gasteiger partial charge in [0.2, 0.25) is 0 Å². The number of rotatable bonds is 6. The molecule has 60 heavy (non-hydrogen) atoms. The van der Waals surface area contributed by atoms with Crippen molar-refractivity contribution in [2.75, 3.05) is 0 Å². The first-order chi connectivity index (χ1) is 29.2. The molecule has 306 valence electrons. The van der Waals surface area contributed by atoms with Gasteiger partial charge in [0.15, 0.2) is 0 Å². The van der Waals surface area contributed by atoms with Gasteiger partial charge in [-0.05, 0) is 86.8 Å². The van der Waals surface area contributed by atoms with E-state index in [1.54, 1.807) is 6.07 Å². The first kappa shape index (κ1) is 38.6. The summed E-state index contributed by atoms with van der Waals surface area (Å²) in [6, 6.07) is 48.7. The van der Waals surface area contributed by atoms with Crippen LogP contribution in [0.1, 0.15) is 88.7 Å². The van der Waals surface area contributed by atoms with Gasteiger partial charge in [0.05, 0.1) is 22.3 Å². The van der Waals surface area contributed by atoms with Crippen LogP contribution < -0.4 is 0 Å². The average molecular weight is 971 g/mol. The Bertz CT molecular complexity index is 2950. The van der Waals surface area contributed by atoms with E-state index in [0.717, 1.165) is 61.2 Å². The molecule has 0 unspecified atom stereocenters. The van der Waals surface area contributed by atoms with Crippen molar-refractivity contribution in [3.05, 3.63) is 168 Å². The third-order valence-electron chi connectivity index (χ3n) is 11.3. The molecule has 6 aromatic carbocycles. The summed E-state index contributed by atoms with van der Waals surface area (Å²) in [6.07, 6.45) is 1.49. The number of pyridine rings is 1. The molecule has 0 saturated carbocycles. The van der Waals surface area contributed by atoms with E-state index in [1.807, 2.05) is 48.5 Å². The first-order valence-corrected chi connectivity index (χ1v) is 20.4. The minimum atomic E-state index is -2.35. The predicted octanol–water partition coefficient (Wildman–Crippen LogP) is 14.5. The Morgan fingerprint density at radius 3 is 1.77 bits per heavy atom. The number of phenolic OH excluding ortho intramolecular Hbond substituents is 1. The van der Waals surface area contributed by atoms with Crippen LogP contribution in [0.3, 0.4) is 0 Å². The zero-order chi connectivity index (χ0) is 44.4. The van der Waals surface area contributed by atoms with Crippen LogP contribution in [0.15, 0.2) is 140 Å². The molecule has 0 saturated heterocycles. The van der Waals surface area contributed by atoms with Crippen molar-refractivity contribution in [3.8, 4) is 67.5 Å². The van der Waals surface area contributed by atoms with Crippen molar-refractivity contribution in [2.45, 2.75) is 85.4 Å². The zero-order valence-corrected chi connectivity index (χ0v) is 38.2. The van der Waals surface area contributed by atoms with Crippen LogP contribution in [-0.2, 0) is 37.3 Å². The minimum absolute atomic E-state index is 0. The number of hydrogen-bond donors (Lipinski definition) is 1. The predicted molar refractivity (Wildman–Crippen MR) is 247 cm³/mol. The maximum absolute atomic E-state index is 11.7. The number of fused-ring (bicyclic) bond motifs is 1. The van der Waals surface area contributed by atoms with Crippen molar-refractivity contribution in [1.82, 2.24) is 14.5 Å². The number of phenols is 1. The number of benzene rings is 6. The second-order valence-electron chi connectivity index (χ2n) is 18.7. The van der Waals surface area contributed by atoms with Crippen molar-refractivity contribution in [1.29, 1.82) is 0 Å². The average Bonchev–Trinajstić information content (AvgIpc) is 3.62. The van der Waals surface area contributed by atoms with Gasteiger partial charge in [0, 0.05) is 42.6 Å². The van der Waals surface area contributed by atoms with Gasteiger partial charge in [-0.1, -0.05) is 164 Å². The molecule has 0 aliphatic carbocycles. The van der Waals surface area contributed by atoms with Gasteiger partial charge in [-0.25, -0.2) is 4.98 Å². The Balaban J connectivity index is 0.00000595. The van der Waals surface area contributed by atoms with E-state index in [2.05, 4.69) is 152 Å². The van der Waals surface area contributed by atoms with Gasteiger partial charge in [-0.3, -0.25) is 9.55 Å². The quantitative estimate of drug-likeness (QED) is 0.169. The Morgan fingerprint density at radius 1 is 0.567 bits per heavy atom. The largest absolute Gasteiger partial charge is 0.507 e. The molecule has 1 N–H and O–H groups in total. The van der Waals surface area contributed by atoms with Crippen LogP contribution in [0.25, 0.3) is 72.7 Å². The molecule has 2 aromatic heterocycles. The van der Waals surface area contributed by atoms with E-state index in [9.17, 15) is 5.11 Å². The van der Waals surface area contributed by atoms with Crippen molar-refractivity contribution in [3.63, 3.8) is 0 Å². The Hall–Kier alpha value is -5.57. The van der Waals surface area contributed by atoms with Crippen LogP contribution in [0.4, 0.5) is 0 Å². The standard InChI is InChI=1S/C55H54N3O.Pt/c1-35-34-56-47(33-44(35)36-18-13-11-14-19-36)39-28-38(29-42(30-39)55(8,9)10)43-22-17-23-49-51(43)57-52(46-32-41(54(5,6)7)25-27-50(46)59)58(49)48-26-24-40(53(2,3)4)31-45(48)37-20-15-12-16-21-37;/h11-27,29-34,59H,1-10H3;/q-1;/i1D3;. The fraction of sp³-hybridized carbons (Fsp3) is 0.236. The SMILES string of the molecule is [2H]C([2H])([2H])c1cnc(-c2[c-]c(-c3cccc4c3nc(-c3cc(C(C)(C)C)ccc3O)n4-c3ccc(C(C)(C)C)cc3-c3ccccc3)cc(C(C)(C)C)c2)cc1-c1ccccc1.[Pt]. The molecule has 0 radical (unpaired) electrons. The number of hydrogen-bond acceptors (Lipinski definition) is 3. The van der Waals surface area contributed by atoms with Gasteiger partial charge < -0.3 is 5.11 Å². The van der Waals surface area contributed by atoms with Gasteiger partial charge in [-0.15, -0.1) is 29.3 Å². The Kier molecular flexibility index (Phi) is 10.4. The molecule has 8 aromatic rings. The van der Waals surface area contributed by atoms with E-state index >= 15 is 0 Å². The number of nitrogens with zero attached hydrogens (tertiary/aromatic N) is 3. The van der Waals surface area contributed by atoms with Crippen molar-refractivity contribution < 1.29 is 30.3 Å². The van der Waals surface area contributed by atoms with Crippen molar-refractivity contribution in [2.24, 2.45) is 0 Å². The van der Waals surface area contributed by atoms with Crippen LogP contribution in [0.2, 0.25) is 0 Å². The Morgan fingerprint density at radius 2 is 1.15 bits per heavy atom. The van der Waals surface area contributed by atoms with Gasteiger partial charge in [-0.2, -0.15) is 0 Å². The molecule has 0 aliphatic heterocycles. The van der Waals surface area contributed by atoms with E-state index in [1.165, 1.54) is 11.8 Å². The third kappa shape index (κ3) is 8.28. The molecule has 0 amide bonds. The fourth-order valence-corrected chi connectivity index (χ4v) is 7.71. The summed E-state index contributed by atoms with van der Waals surface area (Å²) in [4.78, 5) is 10.3. The maximum Gasteiger partial charge on any atom is 0.148 e. The summed E-state index contributed by atoms with van der Waals surface area (Å²) in [5.41, 5.74) is 12.9. The molecule has 0 fully saturated rings. The van der Waals surface area contributed by atoms with E-state index < -0.39 is 6.85 Å². The molecule has 0 atom stereocenters. The second-order valence-corrected chi connectivity index (χ2v) is 18.7. The number of aromatic nitrogens is 3. The van der Waals surface area contributed by atoms with Crippen LogP contribution in [-0.4, -0.2) is 19.6 Å². The second kappa shape index (κ2) is 16.1. The molecule has 2 heterocycles. The summed E-state index contributed by atoms with van der Waals surface area (Å²) >= 11 is 0. The number of aryl methyl sites for hydroxylation is 1. The summed E-state index contributed by atoms with van der Waals surface area (Å²) in [7, 11) is 0. The molecule has 8 rings (SSSR count). The number of aromatic hydroxyl groups is 1. The van der Waals surface area contributed by atoms with Crippen molar-refractivity contribution >= 4 is 11.0 Å². The van der Waals surface area contributed by atoms with Crippen LogP contribution in [0.5, 0.6) is 5.75 Å². The minimum Gasteiger partial charge on any atom is -0.507 e. The monoisotopic (exact) mass is 970 g/mol. The molecule has 0 spiro atoms. The normalized spacial score (nSPS) is 13.1. The summed E-state index contributed by atoms with van der Waals surface area (Å²) in [6.45, 7) is 17.4. The van der Waals surface area contributed by atoms with E-state index in [-0.39, 0.29) is 48.6 Å². The first-order valence-electron chi connectivity index (χ1n) is 21.9. The molecular weight excluding hydrogens is 914 g/mol. The van der Waals surface area contributed by atoms with Crippen LogP contribution >= 0.6 is 0 Å². The van der Waals surface area contributed by atoms with Gasteiger partial charge in [0.25, 0.3) is 0 Å². The molecular formula is C55H54N3OPt-. The van der Waals surface area contributed by atoms with Gasteiger partial charge in [0.1, 0.15) is 11.6 Å². The topological polar surface area (TPSA) is 50.9 Å².